The van der Waals surface area contributed by atoms with Crippen molar-refractivity contribution in [1.29, 1.82) is 0 Å². The summed E-state index contributed by atoms with van der Waals surface area (Å²) in [6.45, 7) is 0. The van der Waals surface area contributed by atoms with Gasteiger partial charge in [-0.3, -0.25) is 0 Å². The number of allylic oxidation sites excluding steroid dienone is 6. The van der Waals surface area contributed by atoms with Gasteiger partial charge in [0.15, 0.2) is 0 Å². The number of aliphatic hydroxyl groups is 1. The molecule has 0 bridgehead atoms. The minimum Gasteiger partial charge on any atom is -0.512 e. The monoisotopic (exact) mass is 289 g/mol. The number of hydrogen-bond acceptors (Lipinski definition) is 2. The fourth-order valence-electron chi connectivity index (χ4n) is 1.23. The van der Waals surface area contributed by atoms with Gasteiger partial charge in [0.2, 0.25) is 0 Å². The molecule has 0 aliphatic heterocycles. The number of rotatable bonds is 3. The third kappa shape index (κ3) is 7.22. The van der Waals surface area contributed by atoms with E-state index >= 15 is 0 Å². The smallest absolute Gasteiger partial charge is 0.100 e. The Morgan fingerprint density at radius 1 is 1.24 bits per heavy atom. The molecule has 2 rings (SSSR count). The summed E-state index contributed by atoms with van der Waals surface area (Å²) < 4.78 is 0. The fourth-order valence-corrected chi connectivity index (χ4v) is 1.63. The van der Waals surface area contributed by atoms with Gasteiger partial charge in [0, 0.05) is 34.8 Å². The van der Waals surface area contributed by atoms with Gasteiger partial charge in [0.05, 0.1) is 0 Å². The van der Waals surface area contributed by atoms with Crippen molar-refractivity contribution in [2.45, 2.75) is 6.42 Å². The first-order chi connectivity index (χ1) is 7.84. The van der Waals surface area contributed by atoms with E-state index < -0.39 is 0 Å². The summed E-state index contributed by atoms with van der Waals surface area (Å²) >= 11 is 1.75. The van der Waals surface area contributed by atoms with Gasteiger partial charge in [-0.15, -0.1) is 0 Å². The van der Waals surface area contributed by atoms with Crippen LogP contribution in [0, 0.1) is 0 Å². The minimum absolute atomic E-state index is 0. The third-order valence-corrected chi connectivity index (χ3v) is 2.71. The molecule has 0 heterocycles. The van der Waals surface area contributed by atoms with E-state index in [1.54, 1.807) is 11.8 Å². The molecule has 1 nitrogen and oxygen atoms in total. The van der Waals surface area contributed by atoms with Crippen molar-refractivity contribution >= 4 is 11.8 Å². The Balaban J connectivity index is 0.000000360. The molecule has 0 saturated heterocycles. The molecule has 1 aliphatic carbocycles. The van der Waals surface area contributed by atoms with Gasteiger partial charge < -0.3 is 5.11 Å². The number of hydrogen-bond donors (Lipinski definition) is 1. The Labute approximate surface area is 118 Å². The Morgan fingerprint density at radius 3 is 2.24 bits per heavy atom. The predicted molar refractivity (Wildman–Crippen MR) is 73.0 cm³/mol. The zero-order valence-corrected chi connectivity index (χ0v) is 11.7. The van der Waals surface area contributed by atoms with Crippen LogP contribution in [0.1, 0.15) is 6.42 Å². The molecule has 17 heavy (non-hydrogen) atoms. The normalized spacial score (nSPS) is 11.7. The van der Waals surface area contributed by atoms with E-state index in [0.29, 0.717) is 5.76 Å². The summed E-state index contributed by atoms with van der Waals surface area (Å²) in [6, 6.07) is 10.0. The van der Waals surface area contributed by atoms with Gasteiger partial charge in [-0.2, -0.15) is 30.0 Å². The fraction of sp³-hybridized carbons (Fsp3) is 0.214. The third-order valence-electron chi connectivity index (χ3n) is 2.09. The molecule has 0 atom stereocenters. The zero-order valence-electron chi connectivity index (χ0n) is 9.82. The van der Waals surface area contributed by atoms with Crippen LogP contribution in [0.15, 0.2) is 66.0 Å². The molecule has 1 aromatic rings. The van der Waals surface area contributed by atoms with Crippen molar-refractivity contribution in [2.24, 2.45) is 0 Å². The van der Waals surface area contributed by atoms with Crippen LogP contribution in [0.4, 0.5) is 0 Å². The standard InChI is InChI=1S/C9H12OS.C5H5.Fe/c1-11-7-6-9(10)8-4-2-3-5-8;1-2-4-5-3-1;/h2-5,10H,6-7H2,1H3;1-5H;/q;-1;. The summed E-state index contributed by atoms with van der Waals surface area (Å²) in [6.07, 6.45) is 10.5. The maximum atomic E-state index is 9.44. The van der Waals surface area contributed by atoms with Crippen LogP contribution in [-0.4, -0.2) is 17.1 Å². The summed E-state index contributed by atoms with van der Waals surface area (Å²) in [7, 11) is 0. The van der Waals surface area contributed by atoms with Crippen LogP contribution >= 0.6 is 11.8 Å². The van der Waals surface area contributed by atoms with E-state index in [1.807, 2.05) is 60.9 Å². The summed E-state index contributed by atoms with van der Waals surface area (Å²) in [5.74, 6) is 1.49. The molecule has 0 amide bonds. The first kappa shape index (κ1) is 16.2. The van der Waals surface area contributed by atoms with Gasteiger partial charge in [0.1, 0.15) is 5.76 Å². The second kappa shape index (κ2) is 10.4. The predicted octanol–water partition coefficient (Wildman–Crippen LogP) is 4.08. The molecule has 1 N–H and O–H groups in total. The van der Waals surface area contributed by atoms with Gasteiger partial charge in [-0.25, -0.2) is 12.1 Å². The Bertz CT molecular complexity index is 332. The molecule has 0 aromatic heterocycles. The molecule has 1 aliphatic rings. The molecule has 0 saturated carbocycles. The van der Waals surface area contributed by atoms with Crippen LogP contribution in [-0.2, 0) is 17.1 Å². The Hall–Kier alpha value is -0.761. The molecule has 3 heteroatoms. The molecule has 0 fully saturated rings. The average Bonchev–Trinajstić information content (AvgIpc) is 2.98. The molecular formula is C14H17FeOS-. The molecule has 0 radical (unpaired) electrons. The van der Waals surface area contributed by atoms with Crippen LogP contribution < -0.4 is 0 Å². The molecule has 0 spiro atoms. The van der Waals surface area contributed by atoms with Gasteiger partial charge in [-0.1, -0.05) is 24.3 Å². The maximum Gasteiger partial charge on any atom is 0.100 e. The van der Waals surface area contributed by atoms with E-state index in [4.69, 9.17) is 0 Å². The van der Waals surface area contributed by atoms with Crippen molar-refractivity contribution in [3.05, 3.63) is 66.0 Å². The number of aliphatic hydroxyl groups excluding tert-OH is 1. The molecule has 1 aromatic carbocycles. The summed E-state index contributed by atoms with van der Waals surface area (Å²) in [4.78, 5) is 0. The first-order valence-electron chi connectivity index (χ1n) is 5.27. The van der Waals surface area contributed by atoms with Crippen LogP contribution in [0.2, 0.25) is 0 Å². The van der Waals surface area contributed by atoms with E-state index in [2.05, 4.69) is 0 Å². The molecular weight excluding hydrogens is 272 g/mol. The molecule has 0 unspecified atom stereocenters. The zero-order chi connectivity index (χ0) is 11.6. The van der Waals surface area contributed by atoms with Crippen LogP contribution in [0.3, 0.4) is 0 Å². The average molecular weight is 289 g/mol. The summed E-state index contributed by atoms with van der Waals surface area (Å²) in [5, 5.41) is 9.44. The van der Waals surface area contributed by atoms with E-state index in [-0.39, 0.29) is 17.1 Å². The second-order valence-electron chi connectivity index (χ2n) is 3.33. The van der Waals surface area contributed by atoms with Crippen LogP contribution in [0.25, 0.3) is 0 Å². The first-order valence-corrected chi connectivity index (χ1v) is 6.66. The largest absolute Gasteiger partial charge is 0.512 e. The Morgan fingerprint density at radius 2 is 1.82 bits per heavy atom. The minimum atomic E-state index is 0. The SMILES string of the molecule is CSCCC(O)=C1C=CC=C1.[Fe].c1cc[cH-]c1. The van der Waals surface area contributed by atoms with Crippen LogP contribution in [0.5, 0.6) is 0 Å². The van der Waals surface area contributed by atoms with E-state index in [0.717, 1.165) is 17.7 Å². The van der Waals surface area contributed by atoms with Crippen molar-refractivity contribution in [1.82, 2.24) is 0 Å². The van der Waals surface area contributed by atoms with E-state index in [9.17, 15) is 5.11 Å². The van der Waals surface area contributed by atoms with E-state index in [1.165, 1.54) is 0 Å². The van der Waals surface area contributed by atoms with Crippen molar-refractivity contribution in [2.75, 3.05) is 12.0 Å². The second-order valence-corrected chi connectivity index (χ2v) is 4.31. The summed E-state index contributed by atoms with van der Waals surface area (Å²) in [5.41, 5.74) is 0.957. The topological polar surface area (TPSA) is 20.2 Å². The van der Waals surface area contributed by atoms with Crippen molar-refractivity contribution < 1.29 is 22.2 Å². The Kier molecular flexibility index (Phi) is 9.93. The van der Waals surface area contributed by atoms with Gasteiger partial charge in [-0.05, 0) is 6.26 Å². The number of thioether (sulfide) groups is 1. The maximum absolute atomic E-state index is 9.44. The molecule has 94 valence electrons. The quantitative estimate of drug-likeness (QED) is 0.514. The van der Waals surface area contributed by atoms with Crippen molar-refractivity contribution in [3.63, 3.8) is 0 Å². The van der Waals surface area contributed by atoms with Gasteiger partial charge in [0.25, 0.3) is 0 Å². The van der Waals surface area contributed by atoms with Gasteiger partial charge >= 0.3 is 0 Å². The van der Waals surface area contributed by atoms with Crippen molar-refractivity contribution in [3.8, 4) is 0 Å².